The van der Waals surface area contributed by atoms with Gasteiger partial charge in [0, 0.05) is 64.2 Å². The van der Waals surface area contributed by atoms with E-state index in [4.69, 9.17) is 0 Å². The lowest BCUT2D eigenvalue weighted by Gasteiger charge is -2.35. The zero-order chi connectivity index (χ0) is 17.2. The number of rotatable bonds is 4. The Kier molecular flexibility index (Phi) is 5.02. The lowest BCUT2D eigenvalue weighted by atomic mass is 10.3. The van der Waals surface area contributed by atoms with Crippen LogP contribution in [0.4, 0.5) is 0 Å². The molecule has 2 saturated heterocycles. The molecule has 8 nitrogen and oxygen atoms in total. The molecule has 0 N–H and O–H groups in total. The van der Waals surface area contributed by atoms with Crippen LogP contribution in [0, 0.1) is 0 Å². The second kappa shape index (κ2) is 7.04. The summed E-state index contributed by atoms with van der Waals surface area (Å²) >= 11 is 0. The molecule has 9 heteroatoms. The number of amides is 1. The van der Waals surface area contributed by atoms with Crippen molar-refractivity contribution in [3.8, 4) is 0 Å². The summed E-state index contributed by atoms with van der Waals surface area (Å²) in [5.74, 6) is -0.0999. The van der Waals surface area contributed by atoms with E-state index in [1.54, 1.807) is 26.2 Å². The van der Waals surface area contributed by atoms with Crippen molar-refractivity contribution in [1.29, 1.82) is 0 Å². The first kappa shape index (κ1) is 17.1. The SMILES string of the molecule is Cn1cc(C=CC(=O)N2CCN(S(=O)(=O)N3CCCC3)CC2)cn1. The number of hydrogen-bond donors (Lipinski definition) is 0. The van der Waals surface area contributed by atoms with E-state index in [9.17, 15) is 13.2 Å². The first-order valence-corrected chi connectivity index (χ1v) is 9.57. The molecule has 3 heterocycles. The van der Waals surface area contributed by atoms with Crippen molar-refractivity contribution in [3.05, 3.63) is 24.0 Å². The summed E-state index contributed by atoms with van der Waals surface area (Å²) in [6, 6.07) is 0. The van der Waals surface area contributed by atoms with Crippen molar-refractivity contribution >= 4 is 22.2 Å². The Balaban J connectivity index is 1.54. The van der Waals surface area contributed by atoms with Crippen LogP contribution in [0.3, 0.4) is 0 Å². The third-order valence-corrected chi connectivity index (χ3v) is 6.45. The Hall–Kier alpha value is -1.71. The highest BCUT2D eigenvalue weighted by molar-refractivity contribution is 7.86. The summed E-state index contributed by atoms with van der Waals surface area (Å²) in [5, 5.41) is 4.04. The Bertz CT molecular complexity index is 713. The Morgan fingerprint density at radius 2 is 1.71 bits per heavy atom. The van der Waals surface area contributed by atoms with Gasteiger partial charge in [0.25, 0.3) is 10.2 Å². The van der Waals surface area contributed by atoms with Crippen LogP contribution in [0.25, 0.3) is 6.08 Å². The van der Waals surface area contributed by atoms with E-state index in [1.807, 2.05) is 13.2 Å². The van der Waals surface area contributed by atoms with Crippen LogP contribution < -0.4 is 0 Å². The normalized spacial score (nSPS) is 21.0. The fraction of sp³-hybridized carbons (Fsp3) is 0.600. The van der Waals surface area contributed by atoms with Gasteiger partial charge in [-0.3, -0.25) is 9.48 Å². The van der Waals surface area contributed by atoms with Gasteiger partial charge in [-0.15, -0.1) is 0 Å². The number of aromatic nitrogens is 2. The Morgan fingerprint density at radius 1 is 1.08 bits per heavy atom. The summed E-state index contributed by atoms with van der Waals surface area (Å²) in [6.45, 7) is 2.76. The van der Waals surface area contributed by atoms with Gasteiger partial charge in [-0.25, -0.2) is 0 Å². The molecule has 0 saturated carbocycles. The van der Waals surface area contributed by atoms with E-state index in [2.05, 4.69) is 5.10 Å². The highest BCUT2D eigenvalue weighted by Crippen LogP contribution is 2.18. The van der Waals surface area contributed by atoms with Gasteiger partial charge in [0.2, 0.25) is 5.91 Å². The van der Waals surface area contributed by atoms with Crippen LogP contribution in [0.15, 0.2) is 18.5 Å². The number of aryl methyl sites for hydroxylation is 1. The van der Waals surface area contributed by atoms with Crippen LogP contribution in [-0.4, -0.2) is 76.9 Å². The highest BCUT2D eigenvalue weighted by atomic mass is 32.2. The molecular formula is C15H23N5O3S. The molecule has 1 aromatic rings. The fourth-order valence-corrected chi connectivity index (χ4v) is 4.69. The van der Waals surface area contributed by atoms with E-state index in [0.717, 1.165) is 18.4 Å². The summed E-state index contributed by atoms with van der Waals surface area (Å²) in [5.41, 5.74) is 0.862. The second-order valence-corrected chi connectivity index (χ2v) is 8.05. The predicted octanol–water partition coefficient (Wildman–Crippen LogP) is -0.0819. The molecule has 0 bridgehead atoms. The van der Waals surface area contributed by atoms with E-state index < -0.39 is 10.2 Å². The zero-order valence-corrected chi connectivity index (χ0v) is 14.7. The van der Waals surface area contributed by atoms with Gasteiger partial charge in [-0.1, -0.05) is 0 Å². The number of carbonyl (C=O) groups excluding carboxylic acids is 1. The smallest absolute Gasteiger partial charge is 0.282 e. The predicted molar refractivity (Wildman–Crippen MR) is 90.1 cm³/mol. The molecule has 24 heavy (non-hydrogen) atoms. The molecule has 0 spiro atoms. The van der Waals surface area contributed by atoms with E-state index in [-0.39, 0.29) is 5.91 Å². The monoisotopic (exact) mass is 353 g/mol. The van der Waals surface area contributed by atoms with Crippen LogP contribution in [0.1, 0.15) is 18.4 Å². The maximum atomic E-state index is 12.5. The lowest BCUT2D eigenvalue weighted by Crippen LogP contribution is -2.53. The van der Waals surface area contributed by atoms with Gasteiger partial charge in [0.1, 0.15) is 0 Å². The first-order chi connectivity index (χ1) is 11.5. The highest BCUT2D eigenvalue weighted by Gasteiger charge is 2.34. The van der Waals surface area contributed by atoms with Gasteiger partial charge in [0.15, 0.2) is 0 Å². The molecule has 1 amide bonds. The van der Waals surface area contributed by atoms with E-state index in [0.29, 0.717) is 39.3 Å². The van der Waals surface area contributed by atoms with Crippen molar-refractivity contribution in [2.24, 2.45) is 7.05 Å². The average molecular weight is 353 g/mol. The Labute approximate surface area is 142 Å². The van der Waals surface area contributed by atoms with Crippen LogP contribution in [0.5, 0.6) is 0 Å². The standard InChI is InChI=1S/C15H23N5O3S/c1-17-13-14(12-16-17)4-5-15(21)18-8-10-20(11-9-18)24(22,23)19-6-2-3-7-19/h4-5,12-13H,2-3,6-11H2,1H3. The van der Waals surface area contributed by atoms with Crippen molar-refractivity contribution in [2.75, 3.05) is 39.3 Å². The van der Waals surface area contributed by atoms with Gasteiger partial charge in [-0.05, 0) is 18.9 Å². The molecule has 1 aromatic heterocycles. The molecule has 2 fully saturated rings. The summed E-state index contributed by atoms with van der Waals surface area (Å²) in [4.78, 5) is 13.9. The topological polar surface area (TPSA) is 78.8 Å². The maximum absolute atomic E-state index is 12.5. The average Bonchev–Trinajstić information content (AvgIpc) is 3.24. The molecule has 0 unspecified atom stereocenters. The fourth-order valence-electron chi connectivity index (χ4n) is 3.02. The van der Waals surface area contributed by atoms with Crippen LogP contribution >= 0.6 is 0 Å². The Morgan fingerprint density at radius 3 is 2.29 bits per heavy atom. The quantitative estimate of drug-likeness (QED) is 0.709. The van der Waals surface area contributed by atoms with Crippen molar-refractivity contribution in [2.45, 2.75) is 12.8 Å². The molecule has 0 radical (unpaired) electrons. The lowest BCUT2D eigenvalue weighted by molar-refractivity contribution is -0.127. The minimum absolute atomic E-state index is 0.0999. The molecule has 2 aliphatic rings. The molecular weight excluding hydrogens is 330 g/mol. The van der Waals surface area contributed by atoms with Crippen molar-refractivity contribution in [3.63, 3.8) is 0 Å². The molecule has 3 rings (SSSR count). The largest absolute Gasteiger partial charge is 0.337 e. The third kappa shape index (κ3) is 3.68. The van der Waals surface area contributed by atoms with Gasteiger partial charge < -0.3 is 4.90 Å². The minimum atomic E-state index is -3.36. The number of piperazine rings is 1. The molecule has 2 aliphatic heterocycles. The summed E-state index contributed by atoms with van der Waals surface area (Å²) < 4.78 is 29.7. The number of nitrogens with zero attached hydrogens (tertiary/aromatic N) is 5. The van der Waals surface area contributed by atoms with Crippen molar-refractivity contribution < 1.29 is 13.2 Å². The molecule has 0 aromatic carbocycles. The van der Waals surface area contributed by atoms with Gasteiger partial charge in [0.05, 0.1) is 6.20 Å². The minimum Gasteiger partial charge on any atom is -0.337 e. The van der Waals surface area contributed by atoms with Gasteiger partial charge >= 0.3 is 0 Å². The second-order valence-electron chi connectivity index (χ2n) is 6.12. The maximum Gasteiger partial charge on any atom is 0.282 e. The number of hydrogen-bond acceptors (Lipinski definition) is 4. The first-order valence-electron chi connectivity index (χ1n) is 8.18. The summed E-state index contributed by atoms with van der Waals surface area (Å²) in [6.07, 6.45) is 8.60. The number of carbonyl (C=O) groups is 1. The zero-order valence-electron chi connectivity index (χ0n) is 13.8. The third-order valence-electron chi connectivity index (χ3n) is 4.41. The van der Waals surface area contributed by atoms with Gasteiger partial charge in [-0.2, -0.15) is 22.1 Å². The van der Waals surface area contributed by atoms with E-state index >= 15 is 0 Å². The molecule has 0 atom stereocenters. The van der Waals surface area contributed by atoms with Crippen molar-refractivity contribution in [1.82, 2.24) is 23.3 Å². The van der Waals surface area contributed by atoms with Crippen LogP contribution in [-0.2, 0) is 22.1 Å². The van der Waals surface area contributed by atoms with E-state index in [1.165, 1.54) is 10.4 Å². The summed E-state index contributed by atoms with van der Waals surface area (Å²) in [7, 11) is -1.55. The van der Waals surface area contributed by atoms with Crippen LogP contribution in [0.2, 0.25) is 0 Å². The molecule has 132 valence electrons. The molecule has 0 aliphatic carbocycles.